The molecule has 2 aromatic rings. The molecule has 1 aliphatic heterocycles. The zero-order valence-electron chi connectivity index (χ0n) is 16.5. The smallest absolute Gasteiger partial charge is 0.331 e. The van der Waals surface area contributed by atoms with Crippen molar-refractivity contribution >= 4 is 18.0 Å². The second kappa shape index (κ2) is 9.73. The molecular formula is C24H25NO4. The van der Waals surface area contributed by atoms with Crippen molar-refractivity contribution in [1.82, 2.24) is 4.90 Å². The third-order valence-corrected chi connectivity index (χ3v) is 4.74. The van der Waals surface area contributed by atoms with Crippen LogP contribution in [0.1, 0.15) is 23.6 Å². The third kappa shape index (κ3) is 5.57. The van der Waals surface area contributed by atoms with Gasteiger partial charge in [0.2, 0.25) is 0 Å². The van der Waals surface area contributed by atoms with E-state index in [-0.39, 0.29) is 5.91 Å². The highest BCUT2D eigenvalue weighted by Gasteiger charge is 2.26. The molecule has 0 radical (unpaired) electrons. The highest BCUT2D eigenvalue weighted by Crippen LogP contribution is 2.19. The average Bonchev–Trinajstić information content (AvgIpc) is 2.76. The van der Waals surface area contributed by atoms with Crippen molar-refractivity contribution in [3.8, 4) is 5.75 Å². The second-order valence-electron chi connectivity index (χ2n) is 6.86. The molecule has 150 valence electrons. The van der Waals surface area contributed by atoms with E-state index in [1.54, 1.807) is 24.0 Å². The Labute approximate surface area is 171 Å². The Balaban J connectivity index is 1.51. The zero-order valence-corrected chi connectivity index (χ0v) is 16.5. The molecular weight excluding hydrogens is 366 g/mol. The van der Waals surface area contributed by atoms with E-state index in [4.69, 9.17) is 9.47 Å². The molecule has 0 aromatic heterocycles. The topological polar surface area (TPSA) is 55.8 Å². The summed E-state index contributed by atoms with van der Waals surface area (Å²) in [6.45, 7) is 6.84. The molecule has 5 heteroatoms. The average molecular weight is 391 g/mol. The van der Waals surface area contributed by atoms with Crippen molar-refractivity contribution in [2.24, 2.45) is 0 Å². The van der Waals surface area contributed by atoms with Crippen molar-refractivity contribution in [1.29, 1.82) is 0 Å². The first kappa shape index (κ1) is 20.4. The first-order valence-corrected chi connectivity index (χ1v) is 9.65. The Morgan fingerprint density at radius 3 is 2.59 bits per heavy atom. The molecule has 1 amide bonds. The van der Waals surface area contributed by atoms with Gasteiger partial charge in [-0.05, 0) is 48.2 Å². The molecule has 0 fully saturated rings. The van der Waals surface area contributed by atoms with Gasteiger partial charge in [0.25, 0.3) is 5.91 Å². The van der Waals surface area contributed by atoms with Crippen LogP contribution in [0.3, 0.4) is 0 Å². The molecule has 0 spiro atoms. The molecule has 0 bridgehead atoms. The number of hydrogen-bond donors (Lipinski definition) is 0. The molecule has 1 atom stereocenters. The van der Waals surface area contributed by atoms with Gasteiger partial charge in [-0.2, -0.15) is 0 Å². The number of ether oxygens (including phenoxy) is 2. The highest BCUT2D eigenvalue weighted by molar-refractivity contribution is 5.90. The molecule has 29 heavy (non-hydrogen) atoms. The lowest BCUT2D eigenvalue weighted by molar-refractivity contribution is -0.155. The largest absolute Gasteiger partial charge is 0.490 e. The fourth-order valence-electron chi connectivity index (χ4n) is 3.20. The van der Waals surface area contributed by atoms with Crippen LogP contribution in [0.5, 0.6) is 5.75 Å². The van der Waals surface area contributed by atoms with Gasteiger partial charge in [-0.15, -0.1) is 0 Å². The number of carbonyl (C=O) groups excluding carboxylic acids is 2. The minimum Gasteiger partial charge on any atom is -0.490 e. The van der Waals surface area contributed by atoms with Gasteiger partial charge in [-0.1, -0.05) is 49.1 Å². The highest BCUT2D eigenvalue weighted by atomic mass is 16.5. The minimum absolute atomic E-state index is 0.176. The lowest BCUT2D eigenvalue weighted by atomic mass is 9.99. The maximum absolute atomic E-state index is 12.6. The van der Waals surface area contributed by atoms with Gasteiger partial charge in [0.15, 0.2) is 6.10 Å². The molecule has 1 heterocycles. The predicted molar refractivity (Wildman–Crippen MR) is 112 cm³/mol. The molecule has 1 aliphatic rings. The van der Waals surface area contributed by atoms with E-state index in [0.29, 0.717) is 19.7 Å². The summed E-state index contributed by atoms with van der Waals surface area (Å²) in [6, 6.07) is 15.4. The Morgan fingerprint density at radius 1 is 1.14 bits per heavy atom. The third-order valence-electron chi connectivity index (χ3n) is 4.74. The van der Waals surface area contributed by atoms with E-state index < -0.39 is 12.1 Å². The summed E-state index contributed by atoms with van der Waals surface area (Å²) in [5.74, 6) is 0.00664. The number of rotatable bonds is 7. The van der Waals surface area contributed by atoms with Crippen molar-refractivity contribution in [3.63, 3.8) is 0 Å². The summed E-state index contributed by atoms with van der Waals surface area (Å²) in [5.41, 5.74) is 3.25. The monoisotopic (exact) mass is 391 g/mol. The van der Waals surface area contributed by atoms with Gasteiger partial charge >= 0.3 is 5.97 Å². The molecule has 5 nitrogen and oxygen atoms in total. The van der Waals surface area contributed by atoms with E-state index in [9.17, 15) is 9.59 Å². The van der Waals surface area contributed by atoms with E-state index >= 15 is 0 Å². The van der Waals surface area contributed by atoms with Crippen LogP contribution in [0, 0.1) is 0 Å². The van der Waals surface area contributed by atoms with E-state index in [1.807, 2.05) is 42.5 Å². The maximum Gasteiger partial charge on any atom is 0.331 e. The fourth-order valence-corrected chi connectivity index (χ4v) is 3.20. The number of amides is 1. The van der Waals surface area contributed by atoms with Crippen molar-refractivity contribution in [2.75, 3.05) is 13.2 Å². The lowest BCUT2D eigenvalue weighted by Crippen LogP contribution is -2.42. The Morgan fingerprint density at radius 2 is 1.86 bits per heavy atom. The molecule has 2 aromatic carbocycles. The van der Waals surface area contributed by atoms with Gasteiger partial charge in [-0.25, -0.2) is 4.79 Å². The Hall–Kier alpha value is -3.34. The van der Waals surface area contributed by atoms with Crippen LogP contribution in [0.4, 0.5) is 0 Å². The lowest BCUT2D eigenvalue weighted by Gasteiger charge is -2.30. The Bertz CT molecular complexity index is 901. The van der Waals surface area contributed by atoms with Crippen molar-refractivity contribution in [3.05, 3.63) is 84.0 Å². The number of carbonyl (C=O) groups is 2. The summed E-state index contributed by atoms with van der Waals surface area (Å²) >= 11 is 0. The second-order valence-corrected chi connectivity index (χ2v) is 6.86. The molecule has 0 N–H and O–H groups in total. The van der Waals surface area contributed by atoms with E-state index in [2.05, 4.69) is 12.6 Å². The zero-order chi connectivity index (χ0) is 20.6. The van der Waals surface area contributed by atoms with Crippen LogP contribution in [0.15, 0.2) is 67.3 Å². The number of benzene rings is 2. The maximum atomic E-state index is 12.6. The normalized spacial score (nSPS) is 14.2. The van der Waals surface area contributed by atoms with Crippen LogP contribution in [-0.4, -0.2) is 36.0 Å². The quantitative estimate of drug-likeness (QED) is 0.409. The Kier molecular flexibility index (Phi) is 6.85. The first-order valence-electron chi connectivity index (χ1n) is 9.65. The number of hydrogen-bond acceptors (Lipinski definition) is 4. The van der Waals surface area contributed by atoms with Crippen molar-refractivity contribution in [2.45, 2.75) is 26.0 Å². The number of fused-ring (bicyclic) bond motifs is 1. The predicted octanol–water partition coefficient (Wildman–Crippen LogP) is 3.78. The van der Waals surface area contributed by atoms with Crippen LogP contribution in [0.25, 0.3) is 6.08 Å². The standard InChI is InChI=1S/C24H25NO4/c1-3-16-28-22-11-8-19(9-12-22)10-13-23(26)29-18(2)24(27)25-15-14-20-6-4-5-7-21(20)17-25/h3-13,18H,1,14-17H2,2H3/b13-10+/t18-/m1/s1. The first-order chi connectivity index (χ1) is 14.1. The van der Waals surface area contributed by atoms with Gasteiger partial charge in [0.1, 0.15) is 12.4 Å². The summed E-state index contributed by atoms with van der Waals surface area (Å²) in [6.07, 6.45) is 4.64. The van der Waals surface area contributed by atoms with Crippen LogP contribution in [0.2, 0.25) is 0 Å². The van der Waals surface area contributed by atoms with Gasteiger partial charge in [0.05, 0.1) is 0 Å². The summed E-state index contributed by atoms with van der Waals surface area (Å²) in [7, 11) is 0. The molecule has 0 aliphatic carbocycles. The SMILES string of the molecule is C=CCOc1ccc(/C=C/C(=O)O[C@H](C)C(=O)N2CCc3ccccc3C2)cc1. The number of nitrogens with zero attached hydrogens (tertiary/aromatic N) is 1. The number of esters is 1. The molecule has 3 rings (SSSR count). The summed E-state index contributed by atoms with van der Waals surface area (Å²) in [5, 5.41) is 0. The van der Waals surface area contributed by atoms with Gasteiger partial charge in [-0.3, -0.25) is 4.79 Å². The minimum atomic E-state index is -0.827. The molecule has 0 saturated carbocycles. The van der Waals surface area contributed by atoms with Crippen LogP contribution in [-0.2, 0) is 27.3 Å². The molecule has 0 saturated heterocycles. The fraction of sp³-hybridized carbons (Fsp3) is 0.250. The van der Waals surface area contributed by atoms with Crippen LogP contribution >= 0.6 is 0 Å². The van der Waals surface area contributed by atoms with E-state index in [0.717, 1.165) is 23.3 Å². The summed E-state index contributed by atoms with van der Waals surface area (Å²) < 4.78 is 10.7. The van der Waals surface area contributed by atoms with E-state index in [1.165, 1.54) is 11.6 Å². The van der Waals surface area contributed by atoms with Crippen LogP contribution < -0.4 is 4.74 Å². The molecule has 0 unspecified atom stereocenters. The van der Waals surface area contributed by atoms with Gasteiger partial charge in [0, 0.05) is 19.2 Å². The van der Waals surface area contributed by atoms with Crippen molar-refractivity contribution < 1.29 is 19.1 Å². The van der Waals surface area contributed by atoms with Gasteiger partial charge < -0.3 is 14.4 Å². The summed E-state index contributed by atoms with van der Waals surface area (Å²) in [4.78, 5) is 26.5.